The highest BCUT2D eigenvalue weighted by molar-refractivity contribution is 8.00. The van der Waals surface area contributed by atoms with Crippen molar-refractivity contribution in [1.29, 1.82) is 0 Å². The highest BCUT2D eigenvalue weighted by atomic mass is 32.2. The summed E-state index contributed by atoms with van der Waals surface area (Å²) in [7, 11) is 0. The van der Waals surface area contributed by atoms with Gasteiger partial charge in [-0.3, -0.25) is 0 Å². The van der Waals surface area contributed by atoms with Crippen LogP contribution in [0.2, 0.25) is 0 Å². The molecule has 0 amide bonds. The van der Waals surface area contributed by atoms with Crippen LogP contribution in [0.5, 0.6) is 0 Å². The average Bonchev–Trinajstić information content (AvgIpc) is 2.35. The fraction of sp³-hybridized carbons (Fsp3) is 0.571. The zero-order valence-corrected chi connectivity index (χ0v) is 12.0. The van der Waals surface area contributed by atoms with Crippen molar-refractivity contribution >= 4 is 11.8 Å². The second-order valence-electron chi connectivity index (χ2n) is 4.60. The molecule has 0 heterocycles. The maximum absolute atomic E-state index is 13.9. The molecule has 0 spiro atoms. The lowest BCUT2D eigenvalue weighted by molar-refractivity contribution is 0.196. The highest BCUT2D eigenvalue weighted by Crippen LogP contribution is 2.37. The third kappa shape index (κ3) is 3.97. The molecule has 18 heavy (non-hydrogen) atoms. The molecule has 102 valence electrons. The number of rotatable bonds is 6. The van der Waals surface area contributed by atoms with Crippen molar-refractivity contribution in [2.45, 2.75) is 49.8 Å². The van der Waals surface area contributed by atoms with Crippen LogP contribution in [0.3, 0.4) is 0 Å². The van der Waals surface area contributed by atoms with Crippen molar-refractivity contribution < 1.29 is 9.50 Å². The predicted molar refractivity (Wildman–Crippen MR) is 76.1 cm³/mol. The molecule has 0 fully saturated rings. The van der Waals surface area contributed by atoms with E-state index in [0.717, 1.165) is 6.42 Å². The van der Waals surface area contributed by atoms with E-state index >= 15 is 0 Å². The topological polar surface area (TPSA) is 46.2 Å². The molecule has 1 rings (SSSR count). The molecule has 0 aromatic heterocycles. The zero-order chi connectivity index (χ0) is 13.7. The van der Waals surface area contributed by atoms with Gasteiger partial charge in [0.25, 0.3) is 0 Å². The van der Waals surface area contributed by atoms with Gasteiger partial charge >= 0.3 is 0 Å². The van der Waals surface area contributed by atoms with E-state index in [0.29, 0.717) is 5.56 Å². The summed E-state index contributed by atoms with van der Waals surface area (Å²) in [5.74, 6) is -0.225. The van der Waals surface area contributed by atoms with Gasteiger partial charge in [0, 0.05) is 22.1 Å². The number of thioether (sulfide) groups is 1. The zero-order valence-electron chi connectivity index (χ0n) is 11.1. The van der Waals surface area contributed by atoms with E-state index in [1.807, 2.05) is 19.9 Å². The maximum Gasteiger partial charge on any atom is 0.127 e. The van der Waals surface area contributed by atoms with E-state index in [1.54, 1.807) is 19.1 Å². The lowest BCUT2D eigenvalue weighted by atomic mass is 10.0. The molecule has 1 aromatic rings. The Morgan fingerprint density at radius 3 is 2.44 bits per heavy atom. The molecule has 2 nitrogen and oxygen atoms in total. The van der Waals surface area contributed by atoms with Crippen LogP contribution in [0.1, 0.15) is 38.0 Å². The minimum atomic E-state index is -0.437. The summed E-state index contributed by atoms with van der Waals surface area (Å²) in [6.45, 7) is 5.67. The predicted octanol–water partition coefficient (Wildman–Crippen LogP) is 3.11. The lowest BCUT2D eigenvalue weighted by Crippen LogP contribution is -2.29. The Morgan fingerprint density at radius 2 is 1.94 bits per heavy atom. The van der Waals surface area contributed by atoms with Crippen molar-refractivity contribution in [3.8, 4) is 0 Å². The van der Waals surface area contributed by atoms with E-state index in [-0.39, 0.29) is 22.4 Å². The number of aliphatic hydroxyl groups is 1. The first-order valence-electron chi connectivity index (χ1n) is 6.30. The van der Waals surface area contributed by atoms with Gasteiger partial charge in [-0.15, -0.1) is 11.8 Å². The van der Waals surface area contributed by atoms with Crippen molar-refractivity contribution in [2.24, 2.45) is 5.73 Å². The van der Waals surface area contributed by atoms with Crippen LogP contribution < -0.4 is 5.73 Å². The highest BCUT2D eigenvalue weighted by Gasteiger charge is 2.25. The van der Waals surface area contributed by atoms with Gasteiger partial charge in [0.2, 0.25) is 0 Å². The third-order valence-corrected chi connectivity index (χ3v) is 4.83. The number of halogens is 1. The third-order valence-electron chi connectivity index (χ3n) is 3.11. The van der Waals surface area contributed by atoms with Crippen LogP contribution in [-0.4, -0.2) is 22.5 Å². The number of benzene rings is 1. The standard InChI is InChI=1S/C14H22FNOS/c1-4-13(16)14(18-10(3)9(2)17)11-7-5-6-8-12(11)15/h5-10,13-14,17H,4,16H2,1-3H3. The molecule has 0 bridgehead atoms. The molecule has 0 aliphatic rings. The summed E-state index contributed by atoms with van der Waals surface area (Å²) < 4.78 is 13.9. The Morgan fingerprint density at radius 1 is 1.33 bits per heavy atom. The summed E-state index contributed by atoms with van der Waals surface area (Å²) >= 11 is 1.54. The summed E-state index contributed by atoms with van der Waals surface area (Å²) in [5.41, 5.74) is 6.73. The molecule has 1 aromatic carbocycles. The lowest BCUT2D eigenvalue weighted by Gasteiger charge is -2.27. The molecule has 0 saturated heterocycles. The minimum Gasteiger partial charge on any atom is -0.392 e. The van der Waals surface area contributed by atoms with E-state index < -0.39 is 6.10 Å². The first kappa shape index (κ1) is 15.5. The Labute approximate surface area is 113 Å². The summed E-state index contributed by atoms with van der Waals surface area (Å²) in [6, 6.07) is 6.61. The second-order valence-corrected chi connectivity index (χ2v) is 6.12. The van der Waals surface area contributed by atoms with Crippen LogP contribution >= 0.6 is 11.8 Å². The minimum absolute atomic E-state index is 0.0206. The SMILES string of the molecule is CCC(N)C(SC(C)C(C)O)c1ccccc1F. The van der Waals surface area contributed by atoms with E-state index in [9.17, 15) is 9.50 Å². The second kappa shape index (κ2) is 7.12. The Bertz CT molecular complexity index is 373. The first-order chi connectivity index (χ1) is 8.47. The molecule has 3 N–H and O–H groups in total. The normalized spacial score (nSPS) is 18.1. The Balaban J connectivity index is 2.95. The molecular formula is C14H22FNOS. The van der Waals surface area contributed by atoms with Gasteiger partial charge in [-0.25, -0.2) is 4.39 Å². The molecular weight excluding hydrogens is 249 g/mol. The number of aliphatic hydroxyl groups excluding tert-OH is 1. The smallest absolute Gasteiger partial charge is 0.127 e. The molecule has 0 aliphatic heterocycles. The number of nitrogens with two attached hydrogens (primary N) is 1. The first-order valence-corrected chi connectivity index (χ1v) is 7.25. The van der Waals surface area contributed by atoms with Crippen LogP contribution in [0.25, 0.3) is 0 Å². The molecule has 4 unspecified atom stereocenters. The van der Waals surface area contributed by atoms with Crippen LogP contribution in [0, 0.1) is 5.82 Å². The van der Waals surface area contributed by atoms with Gasteiger partial charge < -0.3 is 10.8 Å². The molecule has 0 aliphatic carbocycles. The van der Waals surface area contributed by atoms with Crippen molar-refractivity contribution in [2.75, 3.05) is 0 Å². The summed E-state index contributed by atoms with van der Waals surface area (Å²) in [6.07, 6.45) is 0.340. The van der Waals surface area contributed by atoms with Crippen LogP contribution in [0.15, 0.2) is 24.3 Å². The van der Waals surface area contributed by atoms with Crippen LogP contribution in [-0.2, 0) is 0 Å². The van der Waals surface area contributed by atoms with Crippen molar-refractivity contribution in [3.05, 3.63) is 35.6 Å². The quantitative estimate of drug-likeness (QED) is 0.835. The van der Waals surface area contributed by atoms with Gasteiger partial charge in [0.15, 0.2) is 0 Å². The molecule has 0 saturated carbocycles. The van der Waals surface area contributed by atoms with Gasteiger partial charge in [0.1, 0.15) is 5.82 Å². The maximum atomic E-state index is 13.9. The summed E-state index contributed by atoms with van der Waals surface area (Å²) in [5, 5.41) is 9.48. The van der Waals surface area contributed by atoms with E-state index in [1.165, 1.54) is 17.8 Å². The van der Waals surface area contributed by atoms with Gasteiger partial charge in [-0.1, -0.05) is 32.0 Å². The largest absolute Gasteiger partial charge is 0.392 e. The van der Waals surface area contributed by atoms with Crippen molar-refractivity contribution in [3.63, 3.8) is 0 Å². The molecule has 4 heteroatoms. The average molecular weight is 271 g/mol. The number of hydrogen-bond acceptors (Lipinski definition) is 3. The van der Waals surface area contributed by atoms with Gasteiger partial charge in [-0.05, 0) is 19.4 Å². The van der Waals surface area contributed by atoms with Crippen LogP contribution in [0.4, 0.5) is 4.39 Å². The number of hydrogen-bond donors (Lipinski definition) is 2. The fourth-order valence-electron chi connectivity index (χ4n) is 1.67. The van der Waals surface area contributed by atoms with Crippen molar-refractivity contribution in [1.82, 2.24) is 0 Å². The van der Waals surface area contributed by atoms with E-state index in [2.05, 4.69) is 0 Å². The summed E-state index contributed by atoms with van der Waals surface area (Å²) in [4.78, 5) is 0. The molecule has 0 radical (unpaired) electrons. The molecule has 4 atom stereocenters. The Hall–Kier alpha value is -0.580. The van der Waals surface area contributed by atoms with Gasteiger partial charge in [0.05, 0.1) is 6.10 Å². The fourth-order valence-corrected chi connectivity index (χ4v) is 3.09. The Kier molecular flexibility index (Phi) is 6.12. The van der Waals surface area contributed by atoms with Gasteiger partial charge in [-0.2, -0.15) is 0 Å². The van der Waals surface area contributed by atoms with E-state index in [4.69, 9.17) is 5.73 Å². The monoisotopic (exact) mass is 271 g/mol.